The lowest BCUT2D eigenvalue weighted by molar-refractivity contribution is -0.160. The third kappa shape index (κ3) is 8.72. The Morgan fingerprint density at radius 3 is 2.36 bits per heavy atom. The van der Waals surface area contributed by atoms with Crippen molar-refractivity contribution in [2.45, 2.75) is 76.8 Å². The summed E-state index contributed by atoms with van der Waals surface area (Å²) in [6.45, 7) is 4.65. The number of benzene rings is 2. The third-order valence-electron chi connectivity index (χ3n) is 10.8. The second kappa shape index (κ2) is 16.3. The van der Waals surface area contributed by atoms with Crippen LogP contribution in [0.3, 0.4) is 0 Å². The number of alkyl halides is 3. The molecule has 4 aromatic rings. The van der Waals surface area contributed by atoms with Crippen LogP contribution in [0.2, 0.25) is 0 Å². The molecule has 1 aliphatic carbocycles. The van der Waals surface area contributed by atoms with Crippen molar-refractivity contribution in [3.63, 3.8) is 0 Å². The number of piperidine rings is 1. The van der Waals surface area contributed by atoms with E-state index in [2.05, 4.69) is 4.98 Å². The van der Waals surface area contributed by atoms with Crippen LogP contribution in [0.15, 0.2) is 89.9 Å². The van der Waals surface area contributed by atoms with Crippen LogP contribution in [0.5, 0.6) is 0 Å². The number of nitrogens with zero attached hydrogens (tertiary/aromatic N) is 4. The van der Waals surface area contributed by atoms with Crippen LogP contribution >= 0.6 is 0 Å². The zero-order chi connectivity index (χ0) is 39.5. The number of aryl methyl sites for hydroxylation is 2. The number of esters is 1. The molecule has 2 aliphatic rings. The Morgan fingerprint density at radius 2 is 1.71 bits per heavy atom. The van der Waals surface area contributed by atoms with E-state index in [9.17, 15) is 36.3 Å². The van der Waals surface area contributed by atoms with Gasteiger partial charge in [-0.1, -0.05) is 54.6 Å². The van der Waals surface area contributed by atoms with E-state index in [1.165, 1.54) is 43.7 Å². The van der Waals surface area contributed by atoms with E-state index in [-0.39, 0.29) is 61.3 Å². The van der Waals surface area contributed by atoms with Crippen LogP contribution in [0.25, 0.3) is 16.6 Å². The minimum absolute atomic E-state index is 0.0720. The van der Waals surface area contributed by atoms with Crippen molar-refractivity contribution in [3.05, 3.63) is 129 Å². The molecule has 6 rings (SSSR count). The number of rotatable bonds is 11. The van der Waals surface area contributed by atoms with Gasteiger partial charge in [-0.05, 0) is 86.4 Å². The minimum atomic E-state index is -4.30. The molecule has 1 fully saturated rings. The van der Waals surface area contributed by atoms with Gasteiger partial charge in [0.05, 0.1) is 18.4 Å². The van der Waals surface area contributed by atoms with Crippen LogP contribution in [-0.2, 0) is 40.3 Å². The molecule has 0 N–H and O–H groups in total. The molecule has 55 heavy (non-hydrogen) atoms. The van der Waals surface area contributed by atoms with Gasteiger partial charge >= 0.3 is 12.1 Å². The number of methoxy groups -OCH3 is 1. The van der Waals surface area contributed by atoms with Gasteiger partial charge in [-0.15, -0.1) is 0 Å². The normalized spacial score (nSPS) is 16.9. The van der Waals surface area contributed by atoms with E-state index in [1.807, 2.05) is 29.2 Å². The van der Waals surface area contributed by atoms with Crippen molar-refractivity contribution in [2.24, 2.45) is 5.92 Å². The number of hydrogen-bond acceptors (Lipinski definition) is 6. The van der Waals surface area contributed by atoms with Crippen LogP contribution in [-0.4, -0.2) is 69.2 Å². The molecule has 0 radical (unpaired) electrons. The second-order valence-electron chi connectivity index (χ2n) is 14.6. The number of pyridine rings is 2. The topological polar surface area (TPSA) is 84.7 Å². The Morgan fingerprint density at radius 1 is 0.982 bits per heavy atom. The highest BCUT2D eigenvalue weighted by molar-refractivity contribution is 5.81. The summed E-state index contributed by atoms with van der Waals surface area (Å²) in [6.07, 6.45) is 2.63. The van der Waals surface area contributed by atoms with Crippen LogP contribution in [0.1, 0.15) is 55.5 Å². The lowest BCUT2D eigenvalue weighted by Crippen LogP contribution is -2.56. The predicted molar refractivity (Wildman–Crippen MR) is 199 cm³/mol. The van der Waals surface area contributed by atoms with Gasteiger partial charge in [-0.25, -0.2) is 13.8 Å². The van der Waals surface area contributed by atoms with Gasteiger partial charge in [0, 0.05) is 43.6 Å². The molecule has 1 unspecified atom stereocenters. The highest BCUT2D eigenvalue weighted by atomic mass is 19.4. The van der Waals surface area contributed by atoms with E-state index in [0.717, 1.165) is 17.2 Å². The smallest absolute Gasteiger partial charge is 0.395 e. The number of fused-ring (bicyclic) bond motifs is 1. The fourth-order valence-electron chi connectivity index (χ4n) is 7.47. The maximum atomic E-state index is 14.6. The molecule has 1 amide bonds. The number of hydrogen-bond donors (Lipinski definition) is 0. The quantitative estimate of drug-likeness (QED) is 0.117. The van der Waals surface area contributed by atoms with Gasteiger partial charge in [0.25, 0.3) is 0 Å². The van der Waals surface area contributed by atoms with Gasteiger partial charge in [-0.3, -0.25) is 19.3 Å². The predicted octanol–water partition coefficient (Wildman–Crippen LogP) is 7.43. The van der Waals surface area contributed by atoms with Crippen LogP contribution < -0.4 is 5.43 Å². The first kappa shape index (κ1) is 39.5. The Bertz CT molecular complexity index is 2170. The monoisotopic (exact) mass is 762 g/mol. The maximum absolute atomic E-state index is 14.6. The molecule has 2 aromatic heterocycles. The van der Waals surface area contributed by atoms with E-state index >= 15 is 0 Å². The fraction of sp³-hybridized carbons (Fsp3) is 0.381. The molecule has 0 spiro atoms. The summed E-state index contributed by atoms with van der Waals surface area (Å²) in [6, 6.07) is 15.7. The molecule has 13 heteroatoms. The Labute approximate surface area is 315 Å². The van der Waals surface area contributed by atoms with Gasteiger partial charge in [0.1, 0.15) is 17.7 Å². The number of ether oxygens (including phenoxy) is 1. The van der Waals surface area contributed by atoms with Crippen molar-refractivity contribution in [1.29, 1.82) is 0 Å². The summed E-state index contributed by atoms with van der Waals surface area (Å²) in [5.41, 5.74) is 1.92. The lowest BCUT2D eigenvalue weighted by atomic mass is 9.92. The molecule has 290 valence electrons. The SMILES string of the molecule is COC(=O)C(C)(C)N1CCC(N(Cc2ccc(C3=CCC(C(F)(F)F)C=C3)cc2)C(=O)Cn2c(CCc3cccc(F)c3F)cc(=O)c3cccnc32)CC1. The molecule has 8 nitrogen and oxygen atoms in total. The Hall–Kier alpha value is -5.17. The largest absolute Gasteiger partial charge is 0.468 e. The Kier molecular flexibility index (Phi) is 11.7. The standard InChI is InChI=1S/C42H43F5N4O4/c1-41(2,40(54)55-3)49-22-19-32(20-23-49)50(25-27-9-11-28(12-10-27)29-13-16-31(17-14-29)42(45,46)47)37(53)26-51-33(18-15-30-6-4-8-35(43)38(30)44)24-36(52)34-7-5-21-48-39(34)51/h4-14,16,21,24,31-32H,15,17-20,22-23,25-26H2,1-3H3. The van der Waals surface area contributed by atoms with E-state index in [4.69, 9.17) is 4.74 Å². The number of allylic oxidation sites excluding steroid dienone is 4. The van der Waals surface area contributed by atoms with Gasteiger partial charge in [0.15, 0.2) is 17.1 Å². The molecule has 0 bridgehead atoms. The maximum Gasteiger partial charge on any atom is 0.395 e. The molecule has 1 aliphatic heterocycles. The summed E-state index contributed by atoms with van der Waals surface area (Å²) < 4.78 is 75.0. The third-order valence-corrected chi connectivity index (χ3v) is 10.8. The molecule has 3 heterocycles. The molecule has 1 saturated heterocycles. The molecule has 0 saturated carbocycles. The van der Waals surface area contributed by atoms with Crippen molar-refractivity contribution in [3.8, 4) is 0 Å². The van der Waals surface area contributed by atoms with E-state index < -0.39 is 29.3 Å². The van der Waals surface area contributed by atoms with Gasteiger partial charge < -0.3 is 14.2 Å². The summed E-state index contributed by atoms with van der Waals surface area (Å²) in [4.78, 5) is 48.7. The lowest BCUT2D eigenvalue weighted by Gasteiger charge is -2.44. The molecular formula is C42H43F5N4O4. The number of amides is 1. The van der Waals surface area contributed by atoms with Crippen LogP contribution in [0, 0.1) is 17.6 Å². The minimum Gasteiger partial charge on any atom is -0.468 e. The van der Waals surface area contributed by atoms with E-state index in [1.54, 1.807) is 41.5 Å². The van der Waals surface area contributed by atoms with Crippen molar-refractivity contribution >= 4 is 28.5 Å². The number of carbonyl (C=O) groups excluding carboxylic acids is 2. The molecular weight excluding hydrogens is 719 g/mol. The number of halogens is 5. The summed E-state index contributed by atoms with van der Waals surface area (Å²) >= 11 is 0. The summed E-state index contributed by atoms with van der Waals surface area (Å²) in [5.74, 6) is -4.08. The fourth-order valence-corrected chi connectivity index (χ4v) is 7.47. The van der Waals surface area contributed by atoms with Crippen molar-refractivity contribution < 1.29 is 36.3 Å². The van der Waals surface area contributed by atoms with Crippen molar-refractivity contribution in [1.82, 2.24) is 19.4 Å². The summed E-state index contributed by atoms with van der Waals surface area (Å²) in [5, 5.41) is 0.309. The second-order valence-corrected chi connectivity index (χ2v) is 14.6. The Balaban J connectivity index is 1.29. The number of likely N-dealkylation sites (tertiary alicyclic amines) is 1. The van der Waals surface area contributed by atoms with Gasteiger partial charge in [0.2, 0.25) is 5.91 Å². The highest BCUT2D eigenvalue weighted by Crippen LogP contribution is 2.35. The van der Waals surface area contributed by atoms with Crippen molar-refractivity contribution in [2.75, 3.05) is 20.2 Å². The molecule has 1 atom stereocenters. The summed E-state index contributed by atoms with van der Waals surface area (Å²) in [7, 11) is 1.35. The van der Waals surface area contributed by atoms with Gasteiger partial charge in [-0.2, -0.15) is 13.2 Å². The zero-order valence-corrected chi connectivity index (χ0v) is 30.9. The molecule has 2 aromatic carbocycles. The average Bonchev–Trinajstić information content (AvgIpc) is 3.18. The number of carbonyl (C=O) groups is 2. The van der Waals surface area contributed by atoms with Crippen LogP contribution in [0.4, 0.5) is 22.0 Å². The number of aromatic nitrogens is 2. The first-order chi connectivity index (χ1) is 26.2. The van der Waals surface area contributed by atoms with E-state index in [0.29, 0.717) is 48.2 Å². The first-order valence-electron chi connectivity index (χ1n) is 18.2. The average molecular weight is 763 g/mol. The zero-order valence-electron chi connectivity index (χ0n) is 30.9. The highest BCUT2D eigenvalue weighted by Gasteiger charge is 2.40. The first-order valence-corrected chi connectivity index (χ1v) is 18.2.